The lowest BCUT2D eigenvalue weighted by atomic mass is 10.2. The summed E-state index contributed by atoms with van der Waals surface area (Å²) < 4.78 is 0.769. The van der Waals surface area contributed by atoms with Gasteiger partial charge in [0.1, 0.15) is 5.57 Å². The van der Waals surface area contributed by atoms with E-state index in [0.717, 1.165) is 9.32 Å². The van der Waals surface area contributed by atoms with Crippen LogP contribution in [0.15, 0.2) is 9.81 Å². The second-order valence-corrected chi connectivity index (χ2v) is 4.58. The third-order valence-electron chi connectivity index (χ3n) is 1.18. The highest BCUT2D eigenvalue weighted by Gasteiger charge is 2.22. The summed E-state index contributed by atoms with van der Waals surface area (Å²) in [7, 11) is 0. The van der Waals surface area contributed by atoms with Gasteiger partial charge in [-0.2, -0.15) is 0 Å². The topological polar surface area (TPSA) is 60.2 Å². The number of Topliss-reactive ketones (excluding diaryl/α,β-unsaturated/α-hetero) is 1. The van der Waals surface area contributed by atoms with Gasteiger partial charge in [0.05, 0.1) is 4.24 Å². The summed E-state index contributed by atoms with van der Waals surface area (Å²) in [5.74, 6) is -0.862. The summed E-state index contributed by atoms with van der Waals surface area (Å²) in [5, 5.41) is 0.902. The van der Waals surface area contributed by atoms with Gasteiger partial charge in [-0.05, 0) is 6.92 Å². The lowest BCUT2D eigenvalue weighted by Gasteiger charge is -2.16. The van der Waals surface area contributed by atoms with Crippen LogP contribution in [0, 0.1) is 0 Å². The van der Waals surface area contributed by atoms with Crippen molar-refractivity contribution in [3.8, 4) is 0 Å². The van der Waals surface area contributed by atoms with E-state index in [1.165, 1.54) is 30.4 Å². The number of hydrogen-bond donors (Lipinski definition) is 1. The van der Waals surface area contributed by atoms with Gasteiger partial charge in [0, 0.05) is 5.08 Å². The number of amides is 1. The SMILES string of the molecule is CC(=O)C(C(N)=O)=C1SCS1. The minimum Gasteiger partial charge on any atom is -0.365 e. The van der Waals surface area contributed by atoms with E-state index in [1.807, 2.05) is 0 Å². The highest BCUT2D eigenvalue weighted by molar-refractivity contribution is 8.37. The van der Waals surface area contributed by atoms with Crippen LogP contribution in [0.25, 0.3) is 0 Å². The zero-order valence-electron chi connectivity index (χ0n) is 5.92. The first-order chi connectivity index (χ1) is 5.13. The number of primary amides is 1. The van der Waals surface area contributed by atoms with E-state index in [0.29, 0.717) is 0 Å². The minimum absolute atomic E-state index is 0.159. The first kappa shape index (κ1) is 8.67. The highest BCUT2D eigenvalue weighted by Crippen LogP contribution is 2.45. The second-order valence-electron chi connectivity index (χ2n) is 1.99. The lowest BCUT2D eigenvalue weighted by molar-refractivity contribution is -0.119. The molecule has 0 spiro atoms. The molecule has 0 aromatic rings. The third kappa shape index (κ3) is 1.78. The number of carbonyl (C=O) groups excluding carboxylic acids is 2. The van der Waals surface area contributed by atoms with Crippen molar-refractivity contribution in [2.75, 3.05) is 5.08 Å². The second kappa shape index (κ2) is 3.32. The van der Waals surface area contributed by atoms with E-state index in [-0.39, 0.29) is 11.4 Å². The number of rotatable bonds is 2. The number of carbonyl (C=O) groups is 2. The molecule has 1 aliphatic rings. The molecule has 0 bridgehead atoms. The molecule has 11 heavy (non-hydrogen) atoms. The Morgan fingerprint density at radius 3 is 2.09 bits per heavy atom. The average Bonchev–Trinajstić information content (AvgIpc) is 1.75. The quantitative estimate of drug-likeness (QED) is 0.395. The minimum atomic E-state index is -0.618. The zero-order chi connectivity index (χ0) is 8.43. The molecule has 0 atom stereocenters. The van der Waals surface area contributed by atoms with E-state index >= 15 is 0 Å². The van der Waals surface area contributed by atoms with Gasteiger partial charge in [0.15, 0.2) is 5.78 Å². The normalized spacial score (nSPS) is 15.5. The summed E-state index contributed by atoms with van der Waals surface area (Å²) in [6, 6.07) is 0. The molecular weight excluding hydrogens is 182 g/mol. The van der Waals surface area contributed by atoms with Crippen molar-refractivity contribution in [2.45, 2.75) is 6.92 Å². The first-order valence-corrected chi connectivity index (χ1v) is 4.90. The Labute approximate surface area is 72.8 Å². The molecule has 1 rings (SSSR count). The fourth-order valence-corrected chi connectivity index (χ4v) is 2.40. The van der Waals surface area contributed by atoms with Crippen LogP contribution >= 0.6 is 23.5 Å². The molecule has 1 amide bonds. The molecule has 1 aliphatic heterocycles. The molecular formula is C6H7NO2S2. The van der Waals surface area contributed by atoms with Gasteiger partial charge in [-0.3, -0.25) is 9.59 Å². The van der Waals surface area contributed by atoms with Gasteiger partial charge >= 0.3 is 0 Å². The molecule has 0 aliphatic carbocycles. The number of thioether (sulfide) groups is 2. The largest absolute Gasteiger partial charge is 0.365 e. The van der Waals surface area contributed by atoms with Crippen molar-refractivity contribution < 1.29 is 9.59 Å². The number of ketones is 1. The molecule has 0 aromatic carbocycles. The van der Waals surface area contributed by atoms with Gasteiger partial charge in [-0.15, -0.1) is 23.5 Å². The molecule has 0 radical (unpaired) electrons. The molecule has 1 fully saturated rings. The van der Waals surface area contributed by atoms with E-state index in [9.17, 15) is 9.59 Å². The summed E-state index contributed by atoms with van der Waals surface area (Å²) in [6.07, 6.45) is 0. The Balaban J connectivity index is 2.91. The maximum Gasteiger partial charge on any atom is 0.253 e. The van der Waals surface area contributed by atoms with Crippen molar-refractivity contribution in [1.29, 1.82) is 0 Å². The summed E-state index contributed by atoms with van der Waals surface area (Å²) in [5.41, 5.74) is 5.16. The fraction of sp³-hybridized carbons (Fsp3) is 0.333. The van der Waals surface area contributed by atoms with Crippen LogP contribution < -0.4 is 5.73 Å². The molecule has 1 saturated heterocycles. The van der Waals surface area contributed by atoms with Crippen molar-refractivity contribution in [1.82, 2.24) is 0 Å². The van der Waals surface area contributed by atoms with Crippen LogP contribution in [0.5, 0.6) is 0 Å². The average molecular weight is 189 g/mol. The van der Waals surface area contributed by atoms with Gasteiger partial charge in [0.2, 0.25) is 0 Å². The molecule has 1 heterocycles. The molecule has 5 heteroatoms. The fourth-order valence-electron chi connectivity index (χ4n) is 0.680. The van der Waals surface area contributed by atoms with Crippen LogP contribution in [-0.4, -0.2) is 16.8 Å². The Bertz CT molecular complexity index is 225. The van der Waals surface area contributed by atoms with Crippen LogP contribution in [0.1, 0.15) is 6.92 Å². The third-order valence-corrected chi connectivity index (χ3v) is 3.77. The molecule has 60 valence electrons. The lowest BCUT2D eigenvalue weighted by Crippen LogP contribution is -2.21. The highest BCUT2D eigenvalue weighted by atomic mass is 32.3. The molecule has 0 saturated carbocycles. The molecule has 0 unspecified atom stereocenters. The summed E-state index contributed by atoms with van der Waals surface area (Å²) >= 11 is 2.98. The summed E-state index contributed by atoms with van der Waals surface area (Å²) in [6.45, 7) is 1.35. The van der Waals surface area contributed by atoms with Crippen molar-refractivity contribution in [3.63, 3.8) is 0 Å². The van der Waals surface area contributed by atoms with Gasteiger partial charge in [0.25, 0.3) is 5.91 Å². The van der Waals surface area contributed by atoms with Crippen LogP contribution in [-0.2, 0) is 9.59 Å². The van der Waals surface area contributed by atoms with Crippen molar-refractivity contribution in [3.05, 3.63) is 9.81 Å². The van der Waals surface area contributed by atoms with Crippen LogP contribution in [0.4, 0.5) is 0 Å². The predicted octanol–water partition coefficient (Wildman–Crippen LogP) is 0.710. The van der Waals surface area contributed by atoms with Gasteiger partial charge in [-0.25, -0.2) is 0 Å². The smallest absolute Gasteiger partial charge is 0.253 e. The monoisotopic (exact) mass is 189 g/mol. The van der Waals surface area contributed by atoms with Crippen LogP contribution in [0.2, 0.25) is 0 Å². The molecule has 2 N–H and O–H groups in total. The molecule has 0 aromatic heterocycles. The van der Waals surface area contributed by atoms with Gasteiger partial charge < -0.3 is 5.73 Å². The van der Waals surface area contributed by atoms with E-state index < -0.39 is 5.91 Å². The van der Waals surface area contributed by atoms with E-state index in [4.69, 9.17) is 5.73 Å². The van der Waals surface area contributed by atoms with Crippen molar-refractivity contribution >= 4 is 35.2 Å². The van der Waals surface area contributed by atoms with E-state index in [1.54, 1.807) is 0 Å². The van der Waals surface area contributed by atoms with Gasteiger partial charge in [-0.1, -0.05) is 0 Å². The van der Waals surface area contributed by atoms with Crippen LogP contribution in [0.3, 0.4) is 0 Å². The Morgan fingerprint density at radius 1 is 1.45 bits per heavy atom. The summed E-state index contributed by atoms with van der Waals surface area (Å²) in [4.78, 5) is 21.5. The number of hydrogen-bond acceptors (Lipinski definition) is 4. The van der Waals surface area contributed by atoms with Crippen molar-refractivity contribution in [2.24, 2.45) is 5.73 Å². The van der Waals surface area contributed by atoms with E-state index in [2.05, 4.69) is 0 Å². The Morgan fingerprint density at radius 2 is 2.00 bits per heavy atom. The predicted molar refractivity (Wildman–Crippen MR) is 47.0 cm³/mol. The maximum atomic E-state index is 10.8. The Hall–Kier alpha value is -0.420. The maximum absolute atomic E-state index is 10.8. The zero-order valence-corrected chi connectivity index (χ0v) is 7.55. The standard InChI is InChI=1S/C6H7NO2S2/c1-3(8)4(5(7)9)6-10-2-11-6/h2H2,1H3,(H2,7,9). The first-order valence-electron chi connectivity index (χ1n) is 2.93. The Kier molecular flexibility index (Phi) is 2.62. The molecule has 3 nitrogen and oxygen atoms in total. The number of nitrogens with two attached hydrogens (primary N) is 1.